The fourth-order valence-corrected chi connectivity index (χ4v) is 3.39. The van der Waals surface area contributed by atoms with Crippen LogP contribution < -0.4 is 0 Å². The van der Waals surface area contributed by atoms with Gasteiger partial charge in [-0.05, 0) is 31.2 Å². The van der Waals surface area contributed by atoms with Crippen molar-refractivity contribution in [3.63, 3.8) is 0 Å². The first-order chi connectivity index (χ1) is 10.8. The number of furan rings is 1. The Balaban J connectivity index is 1.74. The second-order valence-corrected chi connectivity index (χ2v) is 7.27. The lowest BCUT2D eigenvalue weighted by Gasteiger charge is -2.28. The van der Waals surface area contributed by atoms with Gasteiger partial charge in [0.05, 0.1) is 17.9 Å². The normalized spacial score (nSPS) is 19.0. The third-order valence-corrected chi connectivity index (χ3v) is 4.77. The molecule has 1 aromatic heterocycles. The number of amides is 1. The van der Waals surface area contributed by atoms with Crippen molar-refractivity contribution in [3.05, 3.63) is 47.6 Å². The van der Waals surface area contributed by atoms with Gasteiger partial charge < -0.3 is 14.2 Å². The molecule has 3 heterocycles. The maximum absolute atomic E-state index is 12.5. The van der Waals surface area contributed by atoms with Gasteiger partial charge in [-0.1, -0.05) is 0 Å². The molecule has 0 spiro atoms. The Bertz CT molecular complexity index is 833. The van der Waals surface area contributed by atoms with Crippen LogP contribution in [-0.4, -0.2) is 49.3 Å². The fourth-order valence-electron chi connectivity index (χ4n) is 2.42. The van der Waals surface area contributed by atoms with Gasteiger partial charge in [0.2, 0.25) is 0 Å². The minimum absolute atomic E-state index is 0.0518. The Hall–Kier alpha value is -2.35. The van der Waals surface area contributed by atoms with Crippen LogP contribution in [0.3, 0.4) is 0 Å². The van der Waals surface area contributed by atoms with Crippen molar-refractivity contribution in [2.45, 2.75) is 13.5 Å². The van der Waals surface area contributed by atoms with Crippen molar-refractivity contribution in [1.82, 2.24) is 9.80 Å². The average Bonchev–Trinajstić information content (AvgIpc) is 2.90. The number of hydrogen-bond donors (Lipinski definition) is 0. The van der Waals surface area contributed by atoms with Crippen LogP contribution in [-0.2, 0) is 21.4 Å². The van der Waals surface area contributed by atoms with E-state index in [1.54, 1.807) is 35.2 Å². The van der Waals surface area contributed by atoms with Gasteiger partial charge in [-0.15, -0.1) is 4.40 Å². The van der Waals surface area contributed by atoms with Crippen LogP contribution in [0.2, 0.25) is 0 Å². The molecule has 8 heteroatoms. The molecule has 2 aliphatic rings. The van der Waals surface area contributed by atoms with Gasteiger partial charge >= 0.3 is 0 Å². The molecule has 1 amide bonds. The molecule has 0 aromatic carbocycles. The van der Waals surface area contributed by atoms with E-state index in [0.29, 0.717) is 30.3 Å². The first kappa shape index (κ1) is 15.5. The molecule has 23 heavy (non-hydrogen) atoms. The lowest BCUT2D eigenvalue weighted by molar-refractivity contribution is -0.126. The van der Waals surface area contributed by atoms with E-state index < -0.39 is 10.0 Å². The van der Waals surface area contributed by atoms with E-state index in [4.69, 9.17) is 4.42 Å². The standard InChI is InChI=1S/C15H17N3O4S/c1-11-3-5-13(22-11)10-17(2)15(19)12-4-6-14-16-23(20,21)8-7-18(14)9-12/h3-6,9H,7-8,10H2,1-2H3. The summed E-state index contributed by atoms with van der Waals surface area (Å²) in [5, 5.41) is 0. The number of sulfonamides is 1. The summed E-state index contributed by atoms with van der Waals surface area (Å²) in [5.74, 6) is 1.64. The first-order valence-electron chi connectivity index (χ1n) is 7.14. The molecule has 0 unspecified atom stereocenters. The fraction of sp³-hybridized carbons (Fsp3) is 0.333. The molecule has 0 N–H and O–H groups in total. The summed E-state index contributed by atoms with van der Waals surface area (Å²) in [5.41, 5.74) is 0.481. The summed E-state index contributed by atoms with van der Waals surface area (Å²) < 4.78 is 32.1. The highest BCUT2D eigenvalue weighted by molar-refractivity contribution is 7.90. The Kier molecular flexibility index (Phi) is 3.85. The molecule has 122 valence electrons. The Morgan fingerprint density at radius 1 is 1.39 bits per heavy atom. The smallest absolute Gasteiger partial charge is 0.256 e. The predicted octanol–water partition coefficient (Wildman–Crippen LogP) is 1.04. The van der Waals surface area contributed by atoms with Crippen LogP contribution in [0.1, 0.15) is 11.5 Å². The summed E-state index contributed by atoms with van der Waals surface area (Å²) >= 11 is 0. The highest BCUT2D eigenvalue weighted by atomic mass is 32.2. The van der Waals surface area contributed by atoms with E-state index in [1.807, 2.05) is 19.1 Å². The maximum Gasteiger partial charge on any atom is 0.256 e. The molecule has 0 atom stereocenters. The molecule has 0 fully saturated rings. The third-order valence-electron chi connectivity index (χ3n) is 3.61. The molecule has 0 saturated heterocycles. The molecular weight excluding hydrogens is 318 g/mol. The van der Waals surface area contributed by atoms with Crippen LogP contribution in [0.5, 0.6) is 0 Å². The van der Waals surface area contributed by atoms with Crippen molar-refractivity contribution in [1.29, 1.82) is 0 Å². The zero-order valence-corrected chi connectivity index (χ0v) is 13.7. The third kappa shape index (κ3) is 3.37. The predicted molar refractivity (Wildman–Crippen MR) is 85.1 cm³/mol. The highest BCUT2D eigenvalue weighted by Gasteiger charge is 2.26. The minimum Gasteiger partial charge on any atom is -0.464 e. The molecule has 7 nitrogen and oxygen atoms in total. The van der Waals surface area contributed by atoms with Gasteiger partial charge in [0.15, 0.2) is 0 Å². The SMILES string of the molecule is Cc1ccc(CN(C)C(=O)C2=CN3CCS(=O)(=O)N=C3C=C2)o1. The summed E-state index contributed by atoms with van der Waals surface area (Å²) in [6.45, 7) is 2.51. The van der Waals surface area contributed by atoms with E-state index in [1.165, 1.54) is 0 Å². The summed E-state index contributed by atoms with van der Waals surface area (Å²) in [4.78, 5) is 15.7. The number of carbonyl (C=O) groups excluding carboxylic acids is 1. The van der Waals surface area contributed by atoms with E-state index in [-0.39, 0.29) is 11.7 Å². The van der Waals surface area contributed by atoms with Crippen LogP contribution >= 0.6 is 0 Å². The number of hydrogen-bond acceptors (Lipinski definition) is 5. The van der Waals surface area contributed by atoms with E-state index >= 15 is 0 Å². The van der Waals surface area contributed by atoms with Crippen LogP contribution in [0.25, 0.3) is 0 Å². The zero-order chi connectivity index (χ0) is 16.6. The molecule has 3 rings (SSSR count). The maximum atomic E-state index is 12.5. The number of nitrogens with zero attached hydrogens (tertiary/aromatic N) is 3. The topological polar surface area (TPSA) is 83.2 Å². The van der Waals surface area contributed by atoms with E-state index in [0.717, 1.165) is 5.76 Å². The van der Waals surface area contributed by atoms with Gasteiger partial charge in [-0.2, -0.15) is 0 Å². The quantitative estimate of drug-likeness (QED) is 0.824. The molecule has 0 radical (unpaired) electrons. The van der Waals surface area contributed by atoms with Crippen molar-refractivity contribution in [2.75, 3.05) is 19.3 Å². The van der Waals surface area contributed by atoms with Crippen molar-refractivity contribution < 1.29 is 17.6 Å². The summed E-state index contributed by atoms with van der Waals surface area (Å²) in [7, 11) is -1.69. The lowest BCUT2D eigenvalue weighted by atomic mass is 10.1. The molecule has 0 saturated carbocycles. The largest absolute Gasteiger partial charge is 0.464 e. The number of rotatable bonds is 3. The number of amidine groups is 1. The number of aryl methyl sites for hydroxylation is 1. The monoisotopic (exact) mass is 335 g/mol. The lowest BCUT2D eigenvalue weighted by Crippen LogP contribution is -2.38. The van der Waals surface area contributed by atoms with Crippen molar-refractivity contribution >= 4 is 21.8 Å². The molecular formula is C15H17N3O4S. The second kappa shape index (κ2) is 5.69. The van der Waals surface area contributed by atoms with E-state index in [2.05, 4.69) is 4.40 Å². The zero-order valence-electron chi connectivity index (χ0n) is 12.9. The van der Waals surface area contributed by atoms with E-state index in [9.17, 15) is 13.2 Å². The van der Waals surface area contributed by atoms with Crippen LogP contribution in [0.15, 0.2) is 44.9 Å². The molecule has 1 aromatic rings. The number of likely N-dealkylation sites (N-methyl/N-ethyl adjacent to an activating group) is 1. The van der Waals surface area contributed by atoms with Crippen LogP contribution in [0, 0.1) is 6.92 Å². The van der Waals surface area contributed by atoms with Crippen LogP contribution in [0.4, 0.5) is 0 Å². The Labute approximate surface area is 134 Å². The Morgan fingerprint density at radius 2 is 2.17 bits per heavy atom. The van der Waals surface area contributed by atoms with Crippen molar-refractivity contribution in [2.24, 2.45) is 4.40 Å². The van der Waals surface area contributed by atoms with Gasteiger partial charge in [0, 0.05) is 19.8 Å². The molecule has 0 bridgehead atoms. The van der Waals surface area contributed by atoms with Crippen molar-refractivity contribution in [3.8, 4) is 0 Å². The van der Waals surface area contributed by atoms with Gasteiger partial charge in [0.25, 0.3) is 15.9 Å². The molecule has 0 aliphatic carbocycles. The van der Waals surface area contributed by atoms with Gasteiger partial charge in [0.1, 0.15) is 17.4 Å². The Morgan fingerprint density at radius 3 is 2.87 bits per heavy atom. The summed E-state index contributed by atoms with van der Waals surface area (Å²) in [6, 6.07) is 3.69. The summed E-state index contributed by atoms with van der Waals surface area (Å²) in [6.07, 6.45) is 4.77. The first-order valence-corrected chi connectivity index (χ1v) is 8.75. The van der Waals surface area contributed by atoms with Gasteiger partial charge in [-0.25, -0.2) is 8.42 Å². The average molecular weight is 335 g/mol. The highest BCUT2D eigenvalue weighted by Crippen LogP contribution is 2.18. The second-order valence-electron chi connectivity index (χ2n) is 5.52. The number of carbonyl (C=O) groups is 1. The molecule has 2 aliphatic heterocycles. The minimum atomic E-state index is -3.39. The number of fused-ring (bicyclic) bond motifs is 1. The van der Waals surface area contributed by atoms with Gasteiger partial charge in [-0.3, -0.25) is 4.79 Å².